The number of carboxylic acids is 1. The number of benzene rings is 3. The number of aliphatic carboxylic acids is 1. The van der Waals surface area contributed by atoms with Crippen molar-refractivity contribution in [2.45, 2.75) is 56.8 Å². The molecule has 0 amide bonds. The molecule has 0 bridgehead atoms. The molecule has 2 aromatic rings. The standard InChI is InChI=1S/C43H50N2O8S/c1-31-38(53-39-29-33(44(25-27-51-4)26-28-52-5)20-22-35(39)42(31)32-15-9-6-10-16-32)17-11-7-12-18-40-43(2,3)36-30-34(54(48,49)50)21-23-37(36)45(40)24-14-8-13-19-41(46)47/h6-7,9-12,15-18,20-23,29-30H,8,13-14,19,24-28H2,1-5H3,(H-,46,47,48,49,50)/p+1. The van der Waals surface area contributed by atoms with Gasteiger partial charge in [0.05, 0.1) is 11.0 Å². The van der Waals surface area contributed by atoms with Gasteiger partial charge >= 0.3 is 5.97 Å². The average Bonchev–Trinajstić information content (AvgIpc) is 3.35. The zero-order chi connectivity index (χ0) is 38.9. The number of methoxy groups -OCH3 is 2. The minimum absolute atomic E-state index is 0.121. The van der Waals surface area contributed by atoms with Crippen LogP contribution in [0.2, 0.25) is 0 Å². The average molecular weight is 756 g/mol. The Kier molecular flexibility index (Phi) is 13.5. The van der Waals surface area contributed by atoms with Gasteiger partial charge in [-0.1, -0.05) is 68.8 Å². The van der Waals surface area contributed by atoms with E-state index >= 15 is 0 Å². The van der Waals surface area contributed by atoms with Crippen molar-refractivity contribution in [1.82, 2.24) is 4.58 Å². The van der Waals surface area contributed by atoms with Crippen LogP contribution in [0.3, 0.4) is 0 Å². The summed E-state index contributed by atoms with van der Waals surface area (Å²) >= 11 is 0. The highest BCUT2D eigenvalue weighted by Gasteiger charge is 2.40. The van der Waals surface area contributed by atoms with Crippen molar-refractivity contribution in [3.8, 4) is 22.5 Å². The predicted octanol–water partition coefficient (Wildman–Crippen LogP) is 7.57. The summed E-state index contributed by atoms with van der Waals surface area (Å²) in [5.41, 5.74) is 6.27. The van der Waals surface area contributed by atoms with E-state index in [9.17, 15) is 17.8 Å². The molecule has 2 heterocycles. The Balaban J connectivity index is 1.51. The summed E-state index contributed by atoms with van der Waals surface area (Å²) in [7, 11) is -0.991. The number of carboxylic acid groups (broad SMARTS) is 1. The maximum atomic E-state index is 12.0. The van der Waals surface area contributed by atoms with Gasteiger partial charge < -0.3 is 23.9 Å². The van der Waals surface area contributed by atoms with E-state index in [2.05, 4.69) is 46.7 Å². The maximum Gasteiger partial charge on any atom is 0.303 e. The lowest BCUT2D eigenvalue weighted by Crippen LogP contribution is -2.35. The molecule has 2 aliphatic heterocycles. The van der Waals surface area contributed by atoms with Crippen molar-refractivity contribution in [3.63, 3.8) is 0 Å². The van der Waals surface area contributed by atoms with Gasteiger partial charge in [-0.15, -0.1) is 0 Å². The first kappa shape index (κ1) is 40.4. The number of anilines is 1. The Morgan fingerprint density at radius 1 is 0.926 bits per heavy atom. The number of nitrogens with zero attached hydrogens (tertiary/aromatic N) is 2. The molecule has 0 saturated heterocycles. The van der Waals surface area contributed by atoms with Crippen LogP contribution in [0.25, 0.3) is 28.5 Å². The summed E-state index contributed by atoms with van der Waals surface area (Å²) < 4.78 is 53.4. The number of hydrogen-bond acceptors (Lipinski definition) is 7. The molecule has 0 radical (unpaired) electrons. The molecule has 0 atom stereocenters. The van der Waals surface area contributed by atoms with Gasteiger partial charge in [-0.05, 0) is 72.9 Å². The summed E-state index contributed by atoms with van der Waals surface area (Å²) in [6.45, 7) is 9.34. The molecule has 0 spiro atoms. The van der Waals surface area contributed by atoms with Crippen molar-refractivity contribution in [1.29, 1.82) is 0 Å². The molecule has 3 aliphatic rings. The van der Waals surface area contributed by atoms with Crippen molar-refractivity contribution < 1.29 is 36.8 Å². The summed E-state index contributed by atoms with van der Waals surface area (Å²) in [5.74, 6) is 0.677. The second kappa shape index (κ2) is 18.0. The van der Waals surface area contributed by atoms with Crippen molar-refractivity contribution in [2.24, 2.45) is 0 Å². The van der Waals surface area contributed by atoms with Gasteiger partial charge in [-0.3, -0.25) is 9.35 Å². The normalized spacial score (nSPS) is 14.9. The number of rotatable bonds is 17. The fourth-order valence-electron chi connectivity index (χ4n) is 7.06. The van der Waals surface area contributed by atoms with Gasteiger partial charge in [0.15, 0.2) is 13.1 Å². The number of unbranched alkanes of at least 4 members (excludes halogenated alkanes) is 2. The Labute approximate surface area is 318 Å². The van der Waals surface area contributed by atoms with Crippen LogP contribution in [-0.4, -0.2) is 71.1 Å². The number of ether oxygens (including phenoxy) is 2. The van der Waals surface area contributed by atoms with Crippen molar-refractivity contribution in [3.05, 3.63) is 119 Å². The van der Waals surface area contributed by atoms with Crippen molar-refractivity contribution >= 4 is 27.9 Å². The van der Waals surface area contributed by atoms with Crippen LogP contribution in [0.1, 0.15) is 56.4 Å². The molecular formula is C43H51N2O8S+. The number of allylic oxidation sites excluding steroid dienone is 5. The highest BCUT2D eigenvalue weighted by Crippen LogP contribution is 2.48. The van der Waals surface area contributed by atoms with E-state index in [-0.39, 0.29) is 11.3 Å². The Bertz CT molecular complexity index is 2170. The Morgan fingerprint density at radius 3 is 2.31 bits per heavy atom. The Hall–Kier alpha value is -4.81. The van der Waals surface area contributed by atoms with Gasteiger partial charge in [0, 0.05) is 61.2 Å². The lowest BCUT2D eigenvalue weighted by atomic mass is 9.83. The zero-order valence-electron chi connectivity index (χ0n) is 31.7. The fraction of sp³-hybridized carbons (Fsp3) is 0.349. The quantitative estimate of drug-likeness (QED) is 0.0485. The Morgan fingerprint density at radius 2 is 1.65 bits per heavy atom. The summed E-state index contributed by atoms with van der Waals surface area (Å²) in [6.07, 6.45) is 12.0. The summed E-state index contributed by atoms with van der Waals surface area (Å²) in [4.78, 5) is 13.0. The minimum atomic E-state index is -4.38. The van der Waals surface area contributed by atoms with Crippen LogP contribution >= 0.6 is 0 Å². The van der Waals surface area contributed by atoms with Gasteiger partial charge in [0.1, 0.15) is 24.7 Å². The largest absolute Gasteiger partial charge is 0.481 e. The molecule has 0 unspecified atom stereocenters. The number of fused-ring (bicyclic) bond motifs is 2. The molecule has 10 nitrogen and oxygen atoms in total. The van der Waals surface area contributed by atoms with Crippen LogP contribution in [-0.2, 0) is 29.8 Å². The third-order valence-electron chi connectivity index (χ3n) is 9.91. The predicted molar refractivity (Wildman–Crippen MR) is 213 cm³/mol. The van der Waals surface area contributed by atoms with Crippen LogP contribution < -0.4 is 14.8 Å². The van der Waals surface area contributed by atoms with E-state index in [1.165, 1.54) is 6.07 Å². The molecule has 0 fully saturated rings. The maximum absolute atomic E-state index is 12.0. The smallest absolute Gasteiger partial charge is 0.303 e. The first-order chi connectivity index (χ1) is 25.9. The van der Waals surface area contributed by atoms with E-state index in [4.69, 9.17) is 19.0 Å². The lowest BCUT2D eigenvalue weighted by molar-refractivity contribution is -0.137. The molecule has 2 aromatic carbocycles. The van der Waals surface area contributed by atoms with Gasteiger partial charge in [-0.25, -0.2) is 4.58 Å². The van der Waals surface area contributed by atoms with Gasteiger partial charge in [0.25, 0.3) is 10.1 Å². The fourth-order valence-corrected chi connectivity index (χ4v) is 7.57. The minimum Gasteiger partial charge on any atom is -0.481 e. The van der Waals surface area contributed by atoms with Gasteiger partial charge in [-0.2, -0.15) is 8.42 Å². The molecule has 0 saturated carbocycles. The van der Waals surface area contributed by atoms with E-state index in [0.717, 1.165) is 68.9 Å². The number of carbonyl (C=O) groups is 1. The molecule has 54 heavy (non-hydrogen) atoms. The summed E-state index contributed by atoms with van der Waals surface area (Å²) in [5, 5.41) is 10.1. The van der Waals surface area contributed by atoms with Gasteiger partial charge in [0.2, 0.25) is 5.36 Å². The SMILES string of the molecule is COCC[N+](CCOC)=c1ccc2c(-c3ccccc3)c(C)c(C=CC=CC=C3N(CCCCCC(=O)O)c4ccc(S(=O)(=O)O)cc4C3(C)C)oc-2c1. The molecule has 286 valence electrons. The molecule has 5 rings (SSSR count). The first-order valence-corrected chi connectivity index (χ1v) is 19.7. The zero-order valence-corrected chi connectivity index (χ0v) is 32.6. The third-order valence-corrected chi connectivity index (χ3v) is 10.8. The molecule has 1 aliphatic carbocycles. The molecule has 0 aromatic heterocycles. The molecular weight excluding hydrogens is 705 g/mol. The van der Waals surface area contributed by atoms with Crippen LogP contribution in [0.4, 0.5) is 5.69 Å². The van der Waals surface area contributed by atoms with Crippen LogP contribution in [0, 0.1) is 6.92 Å². The van der Waals surface area contributed by atoms with Crippen LogP contribution in [0.5, 0.6) is 0 Å². The van der Waals surface area contributed by atoms with E-state index < -0.39 is 21.5 Å². The van der Waals surface area contributed by atoms with Crippen LogP contribution in [0.15, 0.2) is 106 Å². The number of hydrogen-bond donors (Lipinski definition) is 2. The molecule has 2 N–H and O–H groups in total. The first-order valence-electron chi connectivity index (χ1n) is 18.2. The monoisotopic (exact) mass is 755 g/mol. The lowest BCUT2D eigenvalue weighted by Gasteiger charge is -2.27. The second-order valence-electron chi connectivity index (χ2n) is 13.9. The van der Waals surface area contributed by atoms with E-state index in [1.54, 1.807) is 26.4 Å². The molecule has 11 heteroatoms. The topological polar surface area (TPSA) is 130 Å². The van der Waals surface area contributed by atoms with E-state index in [1.807, 2.05) is 62.4 Å². The second-order valence-corrected chi connectivity index (χ2v) is 15.3. The third kappa shape index (κ3) is 9.46. The highest BCUT2D eigenvalue weighted by atomic mass is 32.2. The van der Waals surface area contributed by atoms with E-state index in [0.29, 0.717) is 39.3 Å². The van der Waals surface area contributed by atoms with Crippen molar-refractivity contribution in [2.75, 3.05) is 52.0 Å². The summed E-state index contributed by atoms with van der Waals surface area (Å²) in [6, 6.07) is 21.3. The highest BCUT2D eigenvalue weighted by molar-refractivity contribution is 7.85.